The van der Waals surface area contributed by atoms with Gasteiger partial charge in [0.1, 0.15) is 10.3 Å². The van der Waals surface area contributed by atoms with Crippen molar-refractivity contribution >= 4 is 38.5 Å². The largest absolute Gasteiger partial charge is 0.357 e. The Balaban J connectivity index is 2.08. The maximum absolute atomic E-state index is 4.53. The molecule has 0 aliphatic carbocycles. The highest BCUT2D eigenvalue weighted by atomic mass is 32.1. The lowest BCUT2D eigenvalue weighted by atomic mass is 10.3. The van der Waals surface area contributed by atoms with Gasteiger partial charge in [0, 0.05) is 7.05 Å². The van der Waals surface area contributed by atoms with E-state index in [0.717, 1.165) is 27.1 Å². The summed E-state index contributed by atoms with van der Waals surface area (Å²) in [7, 11) is 1.80. The van der Waals surface area contributed by atoms with E-state index in [4.69, 9.17) is 0 Å². The molecule has 6 nitrogen and oxygen atoms in total. The van der Waals surface area contributed by atoms with Gasteiger partial charge in [-0.3, -0.25) is 0 Å². The van der Waals surface area contributed by atoms with Gasteiger partial charge in [-0.25, -0.2) is 4.98 Å². The van der Waals surface area contributed by atoms with E-state index in [0.29, 0.717) is 5.95 Å². The minimum Gasteiger partial charge on any atom is -0.357 e. The molecule has 0 amide bonds. The maximum atomic E-state index is 4.53. The highest BCUT2D eigenvalue weighted by Crippen LogP contribution is 2.26. The molecule has 0 saturated carbocycles. The van der Waals surface area contributed by atoms with Gasteiger partial charge in [-0.15, -0.1) is 16.4 Å². The number of benzene rings is 1. The molecular formula is C13H10N6S. The molecule has 0 bridgehead atoms. The average Bonchev–Trinajstić information content (AvgIpc) is 3.12. The molecule has 3 heterocycles. The topological polar surface area (TPSA) is 68.5 Å². The fourth-order valence-electron chi connectivity index (χ4n) is 2.14. The van der Waals surface area contributed by atoms with E-state index in [9.17, 15) is 0 Å². The number of hydrogen-bond donors (Lipinski definition) is 1. The number of nitrogens with zero attached hydrogens (tertiary/aromatic N) is 5. The van der Waals surface area contributed by atoms with E-state index >= 15 is 0 Å². The number of nitrogens with one attached hydrogen (secondary N) is 1. The number of hydrogen-bond acceptors (Lipinski definition) is 6. The third-order valence-electron chi connectivity index (χ3n) is 3.08. The molecule has 0 fully saturated rings. The molecule has 0 atom stereocenters. The Labute approximate surface area is 118 Å². The van der Waals surface area contributed by atoms with Crippen molar-refractivity contribution in [3.05, 3.63) is 35.7 Å². The van der Waals surface area contributed by atoms with Crippen molar-refractivity contribution in [3.8, 4) is 5.82 Å². The predicted molar refractivity (Wildman–Crippen MR) is 79.4 cm³/mol. The normalized spacial score (nSPS) is 11.2. The molecule has 0 aliphatic heterocycles. The van der Waals surface area contributed by atoms with Crippen molar-refractivity contribution in [2.45, 2.75) is 0 Å². The average molecular weight is 282 g/mol. The molecule has 0 saturated heterocycles. The van der Waals surface area contributed by atoms with E-state index in [-0.39, 0.29) is 0 Å². The number of aromatic nitrogens is 5. The second-order valence-electron chi connectivity index (χ2n) is 4.25. The molecule has 0 spiro atoms. The SMILES string of the molecule is CNc1nc(-n2nnc3ccccc32)c2ccsc2n1. The van der Waals surface area contributed by atoms with Crippen molar-refractivity contribution in [2.75, 3.05) is 12.4 Å². The van der Waals surface area contributed by atoms with E-state index in [1.165, 1.54) is 0 Å². The summed E-state index contributed by atoms with van der Waals surface area (Å²) in [5.41, 5.74) is 1.78. The molecule has 7 heteroatoms. The van der Waals surface area contributed by atoms with Crippen LogP contribution in [-0.4, -0.2) is 32.0 Å². The quantitative estimate of drug-likeness (QED) is 0.611. The first-order valence-corrected chi connectivity index (χ1v) is 6.98. The second-order valence-corrected chi connectivity index (χ2v) is 5.14. The van der Waals surface area contributed by atoms with Crippen LogP contribution in [0.1, 0.15) is 0 Å². The molecule has 1 N–H and O–H groups in total. The molecule has 1 aromatic carbocycles. The van der Waals surface area contributed by atoms with Crippen LogP contribution >= 0.6 is 11.3 Å². The molecule has 0 unspecified atom stereocenters. The van der Waals surface area contributed by atoms with Gasteiger partial charge >= 0.3 is 0 Å². The zero-order valence-corrected chi connectivity index (χ0v) is 11.4. The summed E-state index contributed by atoms with van der Waals surface area (Å²) in [6, 6.07) is 9.83. The lowest BCUT2D eigenvalue weighted by Gasteiger charge is -2.05. The molecule has 3 aromatic heterocycles. The Hall–Kier alpha value is -2.54. The standard InChI is InChI=1S/C13H10N6S/c1-14-13-15-11(8-6-7-20-12(8)16-13)19-10-5-3-2-4-9(10)17-18-19/h2-7H,1H3,(H,14,15,16). The van der Waals surface area contributed by atoms with Crippen molar-refractivity contribution in [1.29, 1.82) is 0 Å². The molecule has 4 aromatic rings. The van der Waals surface area contributed by atoms with Gasteiger partial charge in [0.2, 0.25) is 5.95 Å². The molecule has 98 valence electrons. The number of thiophene rings is 1. The van der Waals surface area contributed by atoms with Gasteiger partial charge in [-0.05, 0) is 23.6 Å². The van der Waals surface area contributed by atoms with Crippen LogP contribution in [0, 0.1) is 0 Å². The summed E-state index contributed by atoms with van der Waals surface area (Å²) in [5.74, 6) is 1.32. The number of rotatable bonds is 2. The number of anilines is 1. The fourth-order valence-corrected chi connectivity index (χ4v) is 2.90. The van der Waals surface area contributed by atoms with E-state index in [1.54, 1.807) is 23.1 Å². The Morgan fingerprint density at radius 2 is 2.05 bits per heavy atom. The van der Waals surface area contributed by atoms with Crippen molar-refractivity contribution in [2.24, 2.45) is 0 Å². The van der Waals surface area contributed by atoms with Crippen LogP contribution in [0.5, 0.6) is 0 Å². The summed E-state index contributed by atoms with van der Waals surface area (Å²) in [4.78, 5) is 9.90. The highest BCUT2D eigenvalue weighted by molar-refractivity contribution is 7.16. The Morgan fingerprint density at radius 1 is 1.15 bits per heavy atom. The third kappa shape index (κ3) is 1.56. The van der Waals surface area contributed by atoms with E-state index in [1.807, 2.05) is 35.7 Å². The van der Waals surface area contributed by atoms with Gasteiger partial charge in [0.15, 0.2) is 5.82 Å². The molecule has 0 aliphatic rings. The summed E-state index contributed by atoms with van der Waals surface area (Å²) < 4.78 is 1.76. The van der Waals surface area contributed by atoms with Crippen molar-refractivity contribution in [1.82, 2.24) is 25.0 Å². The Bertz CT molecular complexity index is 909. The van der Waals surface area contributed by atoms with E-state index < -0.39 is 0 Å². The summed E-state index contributed by atoms with van der Waals surface area (Å²) >= 11 is 1.58. The van der Waals surface area contributed by atoms with Crippen LogP contribution < -0.4 is 5.32 Å². The van der Waals surface area contributed by atoms with Crippen LogP contribution in [0.25, 0.3) is 27.1 Å². The van der Waals surface area contributed by atoms with Gasteiger partial charge in [0.05, 0.1) is 10.9 Å². The number of fused-ring (bicyclic) bond motifs is 2. The maximum Gasteiger partial charge on any atom is 0.225 e. The van der Waals surface area contributed by atoms with E-state index in [2.05, 4.69) is 25.6 Å². The van der Waals surface area contributed by atoms with Crippen LogP contribution in [0.15, 0.2) is 35.7 Å². The zero-order chi connectivity index (χ0) is 13.5. The predicted octanol–water partition coefficient (Wildman–Crippen LogP) is 2.47. The fraction of sp³-hybridized carbons (Fsp3) is 0.0769. The second kappa shape index (κ2) is 4.24. The third-order valence-corrected chi connectivity index (χ3v) is 3.89. The zero-order valence-electron chi connectivity index (χ0n) is 10.6. The van der Waals surface area contributed by atoms with Gasteiger partial charge in [-0.1, -0.05) is 17.3 Å². The smallest absolute Gasteiger partial charge is 0.225 e. The summed E-state index contributed by atoms with van der Waals surface area (Å²) in [5, 5.41) is 14.4. The van der Waals surface area contributed by atoms with Gasteiger partial charge in [0.25, 0.3) is 0 Å². The van der Waals surface area contributed by atoms with Crippen LogP contribution in [0.4, 0.5) is 5.95 Å². The summed E-state index contributed by atoms with van der Waals surface area (Å²) in [6.07, 6.45) is 0. The highest BCUT2D eigenvalue weighted by Gasteiger charge is 2.13. The van der Waals surface area contributed by atoms with Crippen molar-refractivity contribution < 1.29 is 0 Å². The Morgan fingerprint density at radius 3 is 2.95 bits per heavy atom. The van der Waals surface area contributed by atoms with Gasteiger partial charge < -0.3 is 5.32 Å². The first kappa shape index (κ1) is 11.3. The van der Waals surface area contributed by atoms with Gasteiger partial charge in [-0.2, -0.15) is 9.67 Å². The first-order chi connectivity index (χ1) is 9.86. The lowest BCUT2D eigenvalue weighted by Crippen LogP contribution is -2.04. The minimum absolute atomic E-state index is 0.578. The molecular weight excluding hydrogens is 272 g/mol. The number of para-hydroxylation sites is 1. The molecule has 4 rings (SSSR count). The minimum atomic E-state index is 0.578. The molecule has 0 radical (unpaired) electrons. The summed E-state index contributed by atoms with van der Waals surface area (Å²) in [6.45, 7) is 0. The molecule has 20 heavy (non-hydrogen) atoms. The van der Waals surface area contributed by atoms with Crippen LogP contribution in [0.2, 0.25) is 0 Å². The monoisotopic (exact) mass is 282 g/mol. The van der Waals surface area contributed by atoms with Crippen LogP contribution in [-0.2, 0) is 0 Å². The first-order valence-electron chi connectivity index (χ1n) is 6.10. The lowest BCUT2D eigenvalue weighted by molar-refractivity contribution is 0.806. The van der Waals surface area contributed by atoms with Crippen molar-refractivity contribution in [3.63, 3.8) is 0 Å². The Kier molecular flexibility index (Phi) is 2.40. The van der Waals surface area contributed by atoms with Crippen LogP contribution in [0.3, 0.4) is 0 Å².